The van der Waals surface area contributed by atoms with Gasteiger partial charge < -0.3 is 9.16 Å². The Hall–Kier alpha value is -0.963. The van der Waals surface area contributed by atoms with Crippen LogP contribution in [-0.4, -0.2) is 14.4 Å². The zero-order valence-electron chi connectivity index (χ0n) is 18.4. The third-order valence-electron chi connectivity index (χ3n) is 6.39. The Balaban J connectivity index is 2.31. The van der Waals surface area contributed by atoms with E-state index in [0.29, 0.717) is 12.0 Å². The number of rotatable bonds is 7. The van der Waals surface area contributed by atoms with Crippen molar-refractivity contribution in [2.75, 3.05) is 0 Å². The molecule has 0 N–H and O–H groups in total. The van der Waals surface area contributed by atoms with E-state index in [1.54, 1.807) is 0 Å². The predicted molar refractivity (Wildman–Crippen MR) is 115 cm³/mol. The van der Waals surface area contributed by atoms with Crippen LogP contribution >= 0.6 is 0 Å². The maximum atomic E-state index is 6.70. The molecular weight excluding hydrogens is 336 g/mol. The molecule has 0 spiro atoms. The van der Waals surface area contributed by atoms with Gasteiger partial charge in [0, 0.05) is 0 Å². The van der Waals surface area contributed by atoms with Crippen LogP contribution in [0.2, 0.25) is 18.1 Å². The molecule has 26 heavy (non-hydrogen) atoms. The Labute approximate surface area is 162 Å². The van der Waals surface area contributed by atoms with Crippen molar-refractivity contribution >= 4 is 8.32 Å². The van der Waals surface area contributed by atoms with E-state index in [4.69, 9.17) is 9.16 Å². The lowest BCUT2D eigenvalue weighted by Gasteiger charge is -2.37. The van der Waals surface area contributed by atoms with Gasteiger partial charge in [0.15, 0.2) is 0 Å². The lowest BCUT2D eigenvalue weighted by molar-refractivity contribution is 0.166. The van der Waals surface area contributed by atoms with E-state index < -0.39 is 8.32 Å². The maximum Gasteiger partial charge on any atom is 0.250 e. The van der Waals surface area contributed by atoms with E-state index in [0.717, 1.165) is 17.9 Å². The third kappa shape index (κ3) is 5.06. The van der Waals surface area contributed by atoms with E-state index in [-0.39, 0.29) is 5.04 Å². The normalized spacial score (nSPS) is 21.1. The summed E-state index contributed by atoms with van der Waals surface area (Å²) in [5.41, 5.74) is 2.53. The van der Waals surface area contributed by atoms with E-state index in [1.165, 1.54) is 43.2 Å². The molecule has 0 heterocycles. The smallest absolute Gasteiger partial charge is 0.250 e. The van der Waals surface area contributed by atoms with Gasteiger partial charge in [-0.3, -0.25) is 0 Å². The Morgan fingerprint density at radius 2 is 1.81 bits per heavy atom. The first-order valence-electron chi connectivity index (χ1n) is 10.5. The van der Waals surface area contributed by atoms with Gasteiger partial charge in [0.05, 0.1) is 0 Å². The Morgan fingerprint density at radius 1 is 1.12 bits per heavy atom. The molecule has 1 fully saturated rings. The minimum Gasteiger partial charge on any atom is -0.543 e. The minimum atomic E-state index is -1.84. The van der Waals surface area contributed by atoms with E-state index in [9.17, 15) is 0 Å². The summed E-state index contributed by atoms with van der Waals surface area (Å²) >= 11 is 0. The summed E-state index contributed by atoms with van der Waals surface area (Å²) in [6.45, 7) is 18.3. The molecule has 1 saturated carbocycles. The molecule has 0 aliphatic heterocycles. The summed E-state index contributed by atoms with van der Waals surface area (Å²) in [5.74, 6) is 2.82. The summed E-state index contributed by atoms with van der Waals surface area (Å²) < 4.78 is 13.2. The first-order chi connectivity index (χ1) is 12.0. The largest absolute Gasteiger partial charge is 0.543 e. The fourth-order valence-electron chi connectivity index (χ4n) is 3.37. The van der Waals surface area contributed by atoms with Crippen molar-refractivity contribution in [1.29, 1.82) is 0 Å². The van der Waals surface area contributed by atoms with Gasteiger partial charge in [0.25, 0.3) is 0 Å². The van der Waals surface area contributed by atoms with Crippen LogP contribution in [-0.2, 0) is 6.42 Å². The fourth-order valence-corrected chi connectivity index (χ4v) is 4.41. The van der Waals surface area contributed by atoms with Crippen molar-refractivity contribution in [3.63, 3.8) is 0 Å². The molecule has 0 bridgehead atoms. The minimum absolute atomic E-state index is 0.206. The summed E-state index contributed by atoms with van der Waals surface area (Å²) in [4.78, 5) is 0. The second kappa shape index (κ2) is 8.37. The van der Waals surface area contributed by atoms with Crippen LogP contribution in [0.5, 0.6) is 11.5 Å². The maximum absolute atomic E-state index is 6.70. The topological polar surface area (TPSA) is 18.5 Å². The van der Waals surface area contributed by atoms with Crippen molar-refractivity contribution in [2.45, 2.75) is 104 Å². The summed E-state index contributed by atoms with van der Waals surface area (Å²) in [6.07, 6.45) is 7.60. The molecule has 2 rings (SSSR count). The standard InChI is InChI=1S/C23H40O2Si/c1-9-10-13-19-16-21(24-20-14-11-12-17(20)2)18(3)15-22(19)25-26(7,8)23(4,5)6/h15-17,20H,9-14H2,1-8H3/t17-,20-/m0/s1. The van der Waals surface area contributed by atoms with Crippen molar-refractivity contribution in [3.05, 3.63) is 23.3 Å². The molecule has 148 valence electrons. The lowest BCUT2D eigenvalue weighted by atomic mass is 10.0. The highest BCUT2D eigenvalue weighted by Gasteiger charge is 2.39. The zero-order valence-corrected chi connectivity index (χ0v) is 19.4. The molecule has 0 unspecified atom stereocenters. The number of benzene rings is 1. The second-order valence-electron chi connectivity index (χ2n) is 9.76. The van der Waals surface area contributed by atoms with E-state index in [2.05, 4.69) is 66.8 Å². The number of unbranched alkanes of at least 4 members (excludes halogenated alkanes) is 1. The Bertz CT molecular complexity index is 601. The molecule has 1 aliphatic carbocycles. The Kier molecular flexibility index (Phi) is 6.87. The molecule has 1 aromatic carbocycles. The van der Waals surface area contributed by atoms with Crippen molar-refractivity contribution < 1.29 is 9.16 Å². The van der Waals surface area contributed by atoms with Crippen molar-refractivity contribution in [2.24, 2.45) is 5.92 Å². The Morgan fingerprint density at radius 3 is 2.35 bits per heavy atom. The lowest BCUT2D eigenvalue weighted by Crippen LogP contribution is -2.44. The average Bonchev–Trinajstić information content (AvgIpc) is 2.92. The number of aryl methyl sites for hydroxylation is 2. The second-order valence-corrected chi connectivity index (χ2v) is 14.5. The molecule has 1 aromatic rings. The van der Waals surface area contributed by atoms with Crippen LogP contribution in [0.1, 0.15) is 77.8 Å². The molecule has 0 saturated heterocycles. The van der Waals surface area contributed by atoms with Gasteiger partial charge in [-0.15, -0.1) is 0 Å². The number of ether oxygens (including phenoxy) is 1. The molecule has 0 aromatic heterocycles. The van der Waals surface area contributed by atoms with Crippen molar-refractivity contribution in [3.8, 4) is 11.5 Å². The fraction of sp³-hybridized carbons (Fsp3) is 0.739. The summed E-state index contributed by atoms with van der Waals surface area (Å²) in [7, 11) is -1.84. The van der Waals surface area contributed by atoms with Crippen LogP contribution in [0.4, 0.5) is 0 Å². The molecule has 0 radical (unpaired) electrons. The van der Waals surface area contributed by atoms with Crippen LogP contribution in [0, 0.1) is 12.8 Å². The van der Waals surface area contributed by atoms with Gasteiger partial charge in [0.2, 0.25) is 8.32 Å². The third-order valence-corrected chi connectivity index (χ3v) is 10.7. The van der Waals surface area contributed by atoms with Gasteiger partial charge in [-0.25, -0.2) is 0 Å². The molecule has 1 aliphatic rings. The molecule has 0 amide bonds. The number of hydrogen-bond acceptors (Lipinski definition) is 2. The quantitative estimate of drug-likeness (QED) is 0.465. The van der Waals surface area contributed by atoms with Gasteiger partial charge in [-0.05, 0) is 86.3 Å². The van der Waals surface area contributed by atoms with Crippen LogP contribution < -0.4 is 9.16 Å². The molecule has 3 heteroatoms. The van der Waals surface area contributed by atoms with Gasteiger partial charge >= 0.3 is 0 Å². The first-order valence-corrected chi connectivity index (χ1v) is 13.4. The van der Waals surface area contributed by atoms with Crippen LogP contribution in [0.25, 0.3) is 0 Å². The SMILES string of the molecule is CCCCc1cc(O[C@H]2CCC[C@@H]2C)c(C)cc1O[Si](C)(C)C(C)(C)C. The molecular formula is C23H40O2Si. The highest BCUT2D eigenvalue weighted by molar-refractivity contribution is 6.74. The van der Waals surface area contributed by atoms with Gasteiger partial charge in [0.1, 0.15) is 17.6 Å². The highest BCUT2D eigenvalue weighted by atomic mass is 28.4. The van der Waals surface area contributed by atoms with E-state index in [1.807, 2.05) is 0 Å². The molecule has 2 nitrogen and oxygen atoms in total. The van der Waals surface area contributed by atoms with Crippen molar-refractivity contribution in [1.82, 2.24) is 0 Å². The summed E-state index contributed by atoms with van der Waals surface area (Å²) in [6, 6.07) is 4.51. The highest BCUT2D eigenvalue weighted by Crippen LogP contribution is 2.40. The van der Waals surface area contributed by atoms with Crippen LogP contribution in [0.3, 0.4) is 0 Å². The monoisotopic (exact) mass is 376 g/mol. The summed E-state index contributed by atoms with van der Waals surface area (Å²) in [5, 5.41) is 0.206. The first kappa shape index (κ1) is 21.3. The number of hydrogen-bond donors (Lipinski definition) is 0. The van der Waals surface area contributed by atoms with Gasteiger partial charge in [-0.1, -0.05) is 41.0 Å². The molecule has 2 atom stereocenters. The van der Waals surface area contributed by atoms with Crippen LogP contribution in [0.15, 0.2) is 12.1 Å². The predicted octanol–water partition coefficient (Wildman–Crippen LogP) is 7.29. The zero-order chi connectivity index (χ0) is 19.5. The average molecular weight is 377 g/mol. The van der Waals surface area contributed by atoms with E-state index >= 15 is 0 Å². The van der Waals surface area contributed by atoms with Gasteiger partial charge in [-0.2, -0.15) is 0 Å².